The summed E-state index contributed by atoms with van der Waals surface area (Å²) in [5.74, 6) is -1.19. The highest BCUT2D eigenvalue weighted by Gasteiger charge is 2.27. The second kappa shape index (κ2) is 4.87. The van der Waals surface area contributed by atoms with Crippen LogP contribution in [0.3, 0.4) is 0 Å². The monoisotopic (exact) mass is 334 g/mol. The molecular formula is C10H11BrN2O4S. The summed E-state index contributed by atoms with van der Waals surface area (Å²) in [5.41, 5.74) is -0.0654. The Morgan fingerprint density at radius 1 is 1.39 bits per heavy atom. The van der Waals surface area contributed by atoms with Gasteiger partial charge in [0, 0.05) is 10.5 Å². The standard InChI is InChI=1S/C10H11BrN2O4S/c11-6-1-4-9(8(5-6)10(14)15)13-18(16,17)12-7-2-3-7/h1,4-5,7,12-13H,2-3H2,(H,14,15). The van der Waals surface area contributed by atoms with Gasteiger partial charge in [0.2, 0.25) is 0 Å². The van der Waals surface area contributed by atoms with E-state index >= 15 is 0 Å². The predicted octanol–water partition coefficient (Wildman–Crippen LogP) is 1.56. The molecule has 0 aliphatic heterocycles. The van der Waals surface area contributed by atoms with E-state index in [2.05, 4.69) is 25.4 Å². The van der Waals surface area contributed by atoms with E-state index in [9.17, 15) is 13.2 Å². The molecule has 8 heteroatoms. The molecule has 0 unspecified atom stereocenters. The van der Waals surface area contributed by atoms with Gasteiger partial charge in [-0.3, -0.25) is 4.72 Å². The summed E-state index contributed by atoms with van der Waals surface area (Å²) in [6, 6.07) is 4.28. The first-order valence-corrected chi connectivity index (χ1v) is 7.48. The van der Waals surface area contributed by atoms with Crippen molar-refractivity contribution in [1.82, 2.24) is 4.72 Å². The molecule has 1 aliphatic carbocycles. The molecule has 0 spiro atoms. The second-order valence-electron chi connectivity index (χ2n) is 3.99. The number of hydrogen-bond acceptors (Lipinski definition) is 3. The van der Waals surface area contributed by atoms with Crippen LogP contribution < -0.4 is 9.44 Å². The number of anilines is 1. The van der Waals surface area contributed by atoms with Crippen LogP contribution in [0.2, 0.25) is 0 Å². The first-order chi connectivity index (χ1) is 8.37. The van der Waals surface area contributed by atoms with Gasteiger partial charge in [-0.1, -0.05) is 15.9 Å². The van der Waals surface area contributed by atoms with Crippen molar-refractivity contribution in [2.75, 3.05) is 4.72 Å². The molecule has 1 aromatic rings. The van der Waals surface area contributed by atoms with E-state index in [0.717, 1.165) is 12.8 Å². The van der Waals surface area contributed by atoms with Gasteiger partial charge >= 0.3 is 5.97 Å². The predicted molar refractivity (Wildman–Crippen MR) is 69.8 cm³/mol. The molecule has 0 bridgehead atoms. The highest BCUT2D eigenvalue weighted by molar-refractivity contribution is 9.10. The van der Waals surface area contributed by atoms with Crippen molar-refractivity contribution >= 4 is 37.8 Å². The third-order valence-electron chi connectivity index (χ3n) is 2.36. The summed E-state index contributed by atoms with van der Waals surface area (Å²) in [6.45, 7) is 0. The first kappa shape index (κ1) is 13.3. The van der Waals surface area contributed by atoms with Crippen molar-refractivity contribution in [2.24, 2.45) is 0 Å². The molecule has 0 aromatic heterocycles. The van der Waals surface area contributed by atoms with Crippen LogP contribution in [0.1, 0.15) is 23.2 Å². The molecule has 98 valence electrons. The molecule has 18 heavy (non-hydrogen) atoms. The molecule has 0 atom stereocenters. The Morgan fingerprint density at radius 2 is 2.06 bits per heavy atom. The maximum absolute atomic E-state index is 11.7. The molecule has 0 saturated heterocycles. The summed E-state index contributed by atoms with van der Waals surface area (Å²) < 4.78 is 28.6. The number of benzene rings is 1. The first-order valence-electron chi connectivity index (χ1n) is 5.20. The van der Waals surface area contributed by atoms with Crippen LogP contribution in [0, 0.1) is 0 Å². The Morgan fingerprint density at radius 3 is 2.61 bits per heavy atom. The van der Waals surface area contributed by atoms with Crippen LogP contribution in [0.5, 0.6) is 0 Å². The van der Waals surface area contributed by atoms with Gasteiger partial charge in [0.05, 0.1) is 11.3 Å². The number of hydrogen-bond donors (Lipinski definition) is 3. The molecule has 1 fully saturated rings. The van der Waals surface area contributed by atoms with Gasteiger partial charge in [0.1, 0.15) is 0 Å². The largest absolute Gasteiger partial charge is 0.478 e. The number of carboxylic acids is 1. The highest BCUT2D eigenvalue weighted by Crippen LogP contribution is 2.24. The quantitative estimate of drug-likeness (QED) is 0.761. The SMILES string of the molecule is O=C(O)c1cc(Br)ccc1NS(=O)(=O)NC1CC1. The number of carbonyl (C=O) groups is 1. The Hall–Kier alpha value is -1.12. The van der Waals surface area contributed by atoms with E-state index in [-0.39, 0.29) is 17.3 Å². The summed E-state index contributed by atoms with van der Waals surface area (Å²) in [7, 11) is -3.72. The Balaban J connectivity index is 2.25. The molecular weight excluding hydrogens is 324 g/mol. The van der Waals surface area contributed by atoms with Gasteiger partial charge in [-0.2, -0.15) is 13.1 Å². The molecule has 1 saturated carbocycles. The van der Waals surface area contributed by atoms with E-state index in [4.69, 9.17) is 5.11 Å². The number of nitrogens with one attached hydrogen (secondary N) is 2. The smallest absolute Gasteiger partial charge is 0.337 e. The lowest BCUT2D eigenvalue weighted by Gasteiger charge is -2.11. The summed E-state index contributed by atoms with van der Waals surface area (Å²) in [6.07, 6.45) is 1.63. The van der Waals surface area contributed by atoms with E-state index in [1.807, 2.05) is 0 Å². The van der Waals surface area contributed by atoms with Crippen molar-refractivity contribution in [2.45, 2.75) is 18.9 Å². The maximum Gasteiger partial charge on any atom is 0.337 e. The minimum Gasteiger partial charge on any atom is -0.478 e. The molecule has 1 aromatic carbocycles. The minimum atomic E-state index is -3.72. The fourth-order valence-corrected chi connectivity index (χ4v) is 2.94. The van der Waals surface area contributed by atoms with Crippen molar-refractivity contribution in [3.63, 3.8) is 0 Å². The Bertz CT molecular complexity index is 584. The number of halogens is 1. The van der Waals surface area contributed by atoms with Crippen LogP contribution in [0.25, 0.3) is 0 Å². The average Bonchev–Trinajstić information content (AvgIpc) is 3.03. The lowest BCUT2D eigenvalue weighted by molar-refractivity contribution is 0.0698. The maximum atomic E-state index is 11.7. The van der Waals surface area contributed by atoms with Crippen LogP contribution in [-0.4, -0.2) is 25.5 Å². The molecule has 3 N–H and O–H groups in total. The molecule has 1 aliphatic rings. The summed E-state index contributed by atoms with van der Waals surface area (Å²) >= 11 is 3.14. The fourth-order valence-electron chi connectivity index (χ4n) is 1.38. The topological polar surface area (TPSA) is 95.5 Å². The second-order valence-corrected chi connectivity index (χ2v) is 6.36. The van der Waals surface area contributed by atoms with Crippen molar-refractivity contribution in [3.8, 4) is 0 Å². The third kappa shape index (κ3) is 3.44. The molecule has 0 amide bonds. The third-order valence-corrected chi connectivity index (χ3v) is 3.98. The van der Waals surface area contributed by atoms with E-state index < -0.39 is 16.2 Å². The number of rotatable bonds is 5. The normalized spacial score (nSPS) is 15.4. The molecule has 0 heterocycles. The van der Waals surface area contributed by atoms with Gasteiger partial charge in [-0.25, -0.2) is 4.79 Å². The molecule has 2 rings (SSSR count). The minimum absolute atomic E-state index is 0.0359. The van der Waals surface area contributed by atoms with Crippen LogP contribution in [-0.2, 0) is 10.2 Å². The van der Waals surface area contributed by atoms with Crippen molar-refractivity contribution in [3.05, 3.63) is 28.2 Å². The summed E-state index contributed by atoms with van der Waals surface area (Å²) in [5, 5.41) is 9.01. The average molecular weight is 335 g/mol. The molecule has 6 nitrogen and oxygen atoms in total. The van der Waals surface area contributed by atoms with Gasteiger partial charge in [-0.15, -0.1) is 0 Å². The van der Waals surface area contributed by atoms with Gasteiger partial charge in [0.25, 0.3) is 10.2 Å². The lowest BCUT2D eigenvalue weighted by atomic mass is 10.2. The number of carboxylic acid groups (broad SMARTS) is 1. The lowest BCUT2D eigenvalue weighted by Crippen LogP contribution is -2.32. The Labute approximate surface area is 113 Å². The van der Waals surface area contributed by atoms with Gasteiger partial charge in [-0.05, 0) is 31.0 Å². The van der Waals surface area contributed by atoms with Crippen LogP contribution in [0.15, 0.2) is 22.7 Å². The van der Waals surface area contributed by atoms with Gasteiger partial charge < -0.3 is 5.11 Å². The zero-order valence-corrected chi connectivity index (χ0v) is 11.6. The van der Waals surface area contributed by atoms with Crippen LogP contribution in [0.4, 0.5) is 5.69 Å². The van der Waals surface area contributed by atoms with Crippen molar-refractivity contribution in [1.29, 1.82) is 0 Å². The van der Waals surface area contributed by atoms with Gasteiger partial charge in [0.15, 0.2) is 0 Å². The zero-order chi connectivity index (χ0) is 13.3. The fraction of sp³-hybridized carbons (Fsp3) is 0.300. The Kier molecular flexibility index (Phi) is 3.60. The number of aromatic carboxylic acids is 1. The summed E-state index contributed by atoms with van der Waals surface area (Å²) in [4.78, 5) is 11.0. The van der Waals surface area contributed by atoms with E-state index in [0.29, 0.717) is 4.47 Å². The van der Waals surface area contributed by atoms with E-state index in [1.54, 1.807) is 6.07 Å². The van der Waals surface area contributed by atoms with E-state index in [1.165, 1.54) is 12.1 Å². The zero-order valence-electron chi connectivity index (χ0n) is 9.18. The van der Waals surface area contributed by atoms with Crippen molar-refractivity contribution < 1.29 is 18.3 Å². The highest BCUT2D eigenvalue weighted by atomic mass is 79.9. The van der Waals surface area contributed by atoms with Crippen LogP contribution >= 0.6 is 15.9 Å². The molecule has 0 radical (unpaired) electrons.